The van der Waals surface area contributed by atoms with Gasteiger partial charge in [0.25, 0.3) is 0 Å². The molecule has 0 saturated heterocycles. The molecule has 0 atom stereocenters. The van der Waals surface area contributed by atoms with Crippen molar-refractivity contribution in [1.29, 1.82) is 0 Å². The second-order valence-electron chi connectivity index (χ2n) is 22.5. The Hall–Kier alpha value is -5.78. The molecule has 2 aliphatic rings. The van der Waals surface area contributed by atoms with Gasteiger partial charge in [0.05, 0.1) is 5.52 Å². The van der Waals surface area contributed by atoms with Crippen molar-refractivity contribution in [2.45, 2.75) is 111 Å². The minimum Gasteiger partial charge on any atom is -0.456 e. The number of hydrogen-bond donors (Lipinski definition) is 1. The van der Waals surface area contributed by atoms with Crippen LogP contribution < -0.4 is 16.2 Å². The summed E-state index contributed by atoms with van der Waals surface area (Å²) in [7, 11) is 2.48. The van der Waals surface area contributed by atoms with Crippen LogP contribution in [0.25, 0.3) is 80.7 Å². The molecule has 10 aromatic rings. The highest BCUT2D eigenvalue weighted by molar-refractivity contribution is 7.25. The number of hydrogen-bond acceptors (Lipinski definition) is 3. The molecule has 0 saturated carbocycles. The highest BCUT2D eigenvalue weighted by Crippen LogP contribution is 2.51. The summed E-state index contributed by atoms with van der Waals surface area (Å²) in [6.07, 6.45) is 2.40. The van der Waals surface area contributed by atoms with Crippen LogP contribution in [-0.2, 0) is 21.7 Å². The second kappa shape index (κ2) is 13.2. The monoisotopic (exact) mass is 851 g/mol. The molecule has 4 heterocycles. The van der Waals surface area contributed by atoms with E-state index in [0.717, 1.165) is 33.3 Å². The average molecular weight is 852 g/mol. The molecule has 1 radical (unpaired) electrons. The first-order valence-electron chi connectivity index (χ1n) is 23.2. The molecule has 0 bridgehead atoms. The molecule has 5 heteroatoms. The molecular formula is C59H56BN2OS. The molecule has 317 valence electrons. The Morgan fingerprint density at radius 3 is 2.03 bits per heavy atom. The van der Waals surface area contributed by atoms with Crippen LogP contribution in [0.5, 0.6) is 0 Å². The molecule has 7 aromatic carbocycles. The van der Waals surface area contributed by atoms with Crippen LogP contribution in [0.1, 0.15) is 110 Å². The van der Waals surface area contributed by atoms with Crippen LogP contribution in [0.2, 0.25) is 0 Å². The van der Waals surface area contributed by atoms with Gasteiger partial charge >= 0.3 is 0 Å². The van der Waals surface area contributed by atoms with Gasteiger partial charge in [-0.15, -0.1) is 11.3 Å². The van der Waals surface area contributed by atoms with E-state index in [0.29, 0.717) is 0 Å². The van der Waals surface area contributed by atoms with Gasteiger partial charge in [0.15, 0.2) is 7.28 Å². The molecule has 1 aliphatic heterocycles. The summed E-state index contributed by atoms with van der Waals surface area (Å²) in [4.78, 5) is 0. The maximum atomic E-state index is 6.57. The molecule has 0 unspecified atom stereocenters. The number of aryl methyl sites for hydroxylation is 1. The Morgan fingerprint density at radius 1 is 0.625 bits per heavy atom. The number of furan rings is 1. The van der Waals surface area contributed by atoms with Crippen molar-refractivity contribution < 1.29 is 4.42 Å². The first-order valence-corrected chi connectivity index (χ1v) is 24.0. The van der Waals surface area contributed by atoms with E-state index < -0.39 is 0 Å². The number of aromatic nitrogens is 1. The lowest BCUT2D eigenvalue weighted by molar-refractivity contribution is 0.332. The number of rotatable bonds is 3. The first kappa shape index (κ1) is 39.8. The number of nitrogens with zero attached hydrogens (tertiary/aromatic N) is 1. The first-order chi connectivity index (χ1) is 30.3. The van der Waals surface area contributed by atoms with Crippen molar-refractivity contribution in [3.05, 3.63) is 137 Å². The lowest BCUT2D eigenvalue weighted by atomic mass is 9.58. The molecule has 3 nitrogen and oxygen atoms in total. The van der Waals surface area contributed by atoms with Gasteiger partial charge in [-0.05, 0) is 135 Å². The highest BCUT2D eigenvalue weighted by atomic mass is 32.1. The smallest absolute Gasteiger partial charge is 0.197 e. The fourth-order valence-corrected chi connectivity index (χ4v) is 12.3. The normalized spacial score (nSPS) is 15.7. The molecule has 0 spiro atoms. The third kappa shape index (κ3) is 5.85. The second-order valence-corrected chi connectivity index (χ2v) is 23.5. The zero-order valence-corrected chi connectivity index (χ0v) is 40.0. The summed E-state index contributed by atoms with van der Waals surface area (Å²) in [5.74, 6) is 0. The molecule has 0 amide bonds. The quantitative estimate of drug-likeness (QED) is 0.180. The third-order valence-electron chi connectivity index (χ3n) is 15.1. The Morgan fingerprint density at radius 2 is 1.30 bits per heavy atom. The Bertz CT molecular complexity index is 3630. The van der Waals surface area contributed by atoms with E-state index in [1.165, 1.54) is 110 Å². The van der Waals surface area contributed by atoms with Crippen molar-refractivity contribution in [3.63, 3.8) is 0 Å². The van der Waals surface area contributed by atoms with Crippen LogP contribution in [0.3, 0.4) is 0 Å². The van der Waals surface area contributed by atoms with E-state index in [9.17, 15) is 0 Å². The van der Waals surface area contributed by atoms with E-state index in [1.54, 1.807) is 0 Å². The molecule has 1 N–H and O–H groups in total. The predicted molar refractivity (Wildman–Crippen MR) is 279 cm³/mol. The SMILES string of the molecule is Cc1cc(-c2cc3sc4cc5c(cc4c3cc2Nc2ccc(C(C)(C)C)cc2)C(C)(C)CCC5(C)C)c2c3c1c1cc4c(cc1n3-c1ccc(C(C)(C)C)cc1[B]2)oc1ccccc14. The van der Waals surface area contributed by atoms with E-state index in [2.05, 4.69) is 203 Å². The van der Waals surface area contributed by atoms with Crippen LogP contribution in [-0.4, -0.2) is 11.8 Å². The van der Waals surface area contributed by atoms with Crippen LogP contribution >= 0.6 is 11.3 Å². The van der Waals surface area contributed by atoms with Crippen LogP contribution in [0.4, 0.5) is 11.4 Å². The largest absolute Gasteiger partial charge is 0.456 e. The maximum Gasteiger partial charge on any atom is 0.197 e. The van der Waals surface area contributed by atoms with Crippen molar-refractivity contribution >= 4 is 105 Å². The molecule has 64 heavy (non-hydrogen) atoms. The highest BCUT2D eigenvalue weighted by Gasteiger charge is 2.38. The molecule has 1 aliphatic carbocycles. The number of fused-ring (bicyclic) bond motifs is 12. The summed E-state index contributed by atoms with van der Waals surface area (Å²) in [6.45, 7) is 25.9. The third-order valence-corrected chi connectivity index (χ3v) is 16.2. The van der Waals surface area contributed by atoms with Crippen molar-refractivity contribution in [2.75, 3.05) is 5.32 Å². The van der Waals surface area contributed by atoms with Gasteiger partial charge in [-0.2, -0.15) is 0 Å². The minimum atomic E-state index is 0.00323. The zero-order chi connectivity index (χ0) is 44.4. The average Bonchev–Trinajstić information content (AvgIpc) is 3.91. The van der Waals surface area contributed by atoms with Gasteiger partial charge < -0.3 is 14.3 Å². The molecule has 3 aromatic heterocycles. The Kier molecular flexibility index (Phi) is 8.18. The van der Waals surface area contributed by atoms with Crippen molar-refractivity contribution in [2.24, 2.45) is 0 Å². The topological polar surface area (TPSA) is 30.1 Å². The fraction of sp³-hybridized carbons (Fsp3) is 0.288. The molecule has 0 fully saturated rings. The Labute approximate surface area is 381 Å². The molecule has 12 rings (SSSR count). The van der Waals surface area contributed by atoms with Crippen molar-refractivity contribution in [3.8, 4) is 16.8 Å². The van der Waals surface area contributed by atoms with Gasteiger partial charge in [-0.25, -0.2) is 0 Å². The fourth-order valence-electron chi connectivity index (χ4n) is 11.2. The summed E-state index contributed by atoms with van der Waals surface area (Å²) in [5, 5.41) is 11.6. The number of benzene rings is 7. The van der Waals surface area contributed by atoms with Crippen LogP contribution in [0.15, 0.2) is 114 Å². The number of para-hydroxylation sites is 1. The zero-order valence-electron chi connectivity index (χ0n) is 39.1. The number of anilines is 2. The van der Waals surface area contributed by atoms with Gasteiger partial charge in [0.2, 0.25) is 0 Å². The standard InChI is InChI=1S/C59H56BN2OS/c1-32-24-41(54-55-53(32)42-26-38-36-14-12-13-15-49(36)63-50(38)31-48(42)62(55)47-21-18-34(57(5,6)7)25-45(47)60-54)37-29-51-40(28-46(37)61-35-19-16-33(17-20-35)56(2,3)4)39-27-43-44(30-52(39)64-51)59(10,11)23-22-58(43,8)9/h12-21,24-31,61H,22-23H2,1-11H3. The van der Waals surface area contributed by atoms with Crippen LogP contribution in [0, 0.1) is 6.92 Å². The summed E-state index contributed by atoms with van der Waals surface area (Å²) < 4.78 is 11.8. The van der Waals surface area contributed by atoms with Gasteiger partial charge in [-0.1, -0.05) is 123 Å². The Balaban J connectivity index is 1.16. The molecular weight excluding hydrogens is 796 g/mol. The van der Waals surface area contributed by atoms with E-state index in [1.807, 2.05) is 11.3 Å². The van der Waals surface area contributed by atoms with E-state index in [4.69, 9.17) is 4.42 Å². The maximum absolute atomic E-state index is 6.57. The number of nitrogens with one attached hydrogen (secondary N) is 1. The summed E-state index contributed by atoms with van der Waals surface area (Å²) in [6, 6.07) is 41.8. The van der Waals surface area contributed by atoms with Gasteiger partial charge in [-0.3, -0.25) is 0 Å². The van der Waals surface area contributed by atoms with Gasteiger partial charge in [0.1, 0.15) is 11.2 Å². The van der Waals surface area contributed by atoms with Gasteiger partial charge in [0, 0.05) is 75.9 Å². The van der Waals surface area contributed by atoms with Crippen molar-refractivity contribution in [1.82, 2.24) is 4.57 Å². The lowest BCUT2D eigenvalue weighted by Crippen LogP contribution is -2.38. The van der Waals surface area contributed by atoms with E-state index in [-0.39, 0.29) is 21.7 Å². The summed E-state index contributed by atoms with van der Waals surface area (Å²) in [5.41, 5.74) is 19.9. The number of thiophene rings is 1. The lowest BCUT2D eigenvalue weighted by Gasteiger charge is -2.41. The predicted octanol–water partition coefficient (Wildman–Crippen LogP) is 15.7. The minimum absolute atomic E-state index is 0.00323. The summed E-state index contributed by atoms with van der Waals surface area (Å²) >= 11 is 1.95. The van der Waals surface area contributed by atoms with E-state index >= 15 is 0 Å².